The molecule has 0 bridgehead atoms. The minimum absolute atomic E-state index is 0.465. The molecule has 5 nitrogen and oxygen atoms in total. The number of nitrogens with zero attached hydrogens (tertiary/aromatic N) is 2. The first-order valence-corrected chi connectivity index (χ1v) is 6.42. The summed E-state index contributed by atoms with van der Waals surface area (Å²) in [5.74, 6) is 0. The number of hydrogen-bond acceptors (Lipinski definition) is 5. The minimum Gasteiger partial charge on any atom is -0.399 e. The van der Waals surface area contributed by atoms with Gasteiger partial charge in [0, 0.05) is 23.5 Å². The molecule has 2 aromatic rings. The van der Waals surface area contributed by atoms with E-state index in [4.69, 9.17) is 16.2 Å². The molecule has 0 fully saturated rings. The molecular formula is C15H18N4O. The van der Waals surface area contributed by atoms with Crippen LogP contribution in [0.2, 0.25) is 0 Å². The van der Waals surface area contributed by atoms with Gasteiger partial charge >= 0.3 is 0 Å². The molecule has 0 aliphatic heterocycles. The van der Waals surface area contributed by atoms with Crippen molar-refractivity contribution in [3.05, 3.63) is 48.0 Å². The molecule has 0 aromatic heterocycles. The van der Waals surface area contributed by atoms with E-state index in [0.29, 0.717) is 30.3 Å². The van der Waals surface area contributed by atoms with Crippen molar-refractivity contribution in [3.8, 4) is 0 Å². The number of ether oxygens (including phenoxy) is 1. The highest BCUT2D eigenvalue weighted by Gasteiger charge is 2.03. The van der Waals surface area contributed by atoms with Crippen LogP contribution in [0, 0.1) is 0 Å². The van der Waals surface area contributed by atoms with Crippen LogP contribution in [0.1, 0.15) is 12.5 Å². The van der Waals surface area contributed by atoms with E-state index in [-0.39, 0.29) is 0 Å². The highest BCUT2D eigenvalue weighted by Crippen LogP contribution is 2.25. The van der Waals surface area contributed by atoms with Crippen LogP contribution in [0.5, 0.6) is 0 Å². The van der Waals surface area contributed by atoms with E-state index in [1.165, 1.54) is 0 Å². The molecule has 2 aromatic carbocycles. The SMILES string of the molecule is CCOCc1cc(N)ccc1N=Nc1cccc(N)c1. The van der Waals surface area contributed by atoms with Gasteiger partial charge in [-0.2, -0.15) is 10.2 Å². The molecule has 0 unspecified atom stereocenters. The van der Waals surface area contributed by atoms with E-state index in [1.807, 2.05) is 37.3 Å². The van der Waals surface area contributed by atoms with E-state index in [0.717, 1.165) is 11.3 Å². The number of azo groups is 1. The van der Waals surface area contributed by atoms with Crippen molar-refractivity contribution in [2.24, 2.45) is 10.2 Å². The third kappa shape index (κ3) is 3.80. The fourth-order valence-corrected chi connectivity index (χ4v) is 1.73. The Bertz CT molecular complexity index is 611. The quantitative estimate of drug-likeness (QED) is 0.640. The first-order valence-electron chi connectivity index (χ1n) is 6.42. The lowest BCUT2D eigenvalue weighted by molar-refractivity contribution is 0.134. The van der Waals surface area contributed by atoms with Crippen molar-refractivity contribution in [2.75, 3.05) is 18.1 Å². The van der Waals surface area contributed by atoms with Gasteiger partial charge in [0.25, 0.3) is 0 Å². The Morgan fingerprint density at radius 1 is 1.00 bits per heavy atom. The molecular weight excluding hydrogens is 252 g/mol. The van der Waals surface area contributed by atoms with Gasteiger partial charge in [0.2, 0.25) is 0 Å². The summed E-state index contributed by atoms with van der Waals surface area (Å²) in [6, 6.07) is 12.7. The van der Waals surface area contributed by atoms with Crippen LogP contribution in [-0.4, -0.2) is 6.61 Å². The Morgan fingerprint density at radius 2 is 1.80 bits per heavy atom. The Hall–Kier alpha value is -2.40. The third-order valence-electron chi connectivity index (χ3n) is 2.71. The number of nitrogen functional groups attached to an aromatic ring is 2. The average molecular weight is 270 g/mol. The van der Waals surface area contributed by atoms with E-state index in [2.05, 4.69) is 10.2 Å². The van der Waals surface area contributed by atoms with Gasteiger partial charge in [-0.05, 0) is 43.3 Å². The zero-order valence-corrected chi connectivity index (χ0v) is 11.4. The van der Waals surface area contributed by atoms with E-state index in [1.54, 1.807) is 12.1 Å². The maximum atomic E-state index is 5.78. The molecule has 2 rings (SSSR count). The summed E-state index contributed by atoms with van der Waals surface area (Å²) in [6.45, 7) is 3.05. The lowest BCUT2D eigenvalue weighted by Crippen LogP contribution is -1.94. The molecule has 104 valence electrons. The second kappa shape index (κ2) is 6.68. The van der Waals surface area contributed by atoms with Crippen LogP contribution < -0.4 is 11.5 Å². The lowest BCUT2D eigenvalue weighted by atomic mass is 10.2. The van der Waals surface area contributed by atoms with Crippen LogP contribution in [0.25, 0.3) is 0 Å². The molecule has 0 atom stereocenters. The van der Waals surface area contributed by atoms with Crippen molar-refractivity contribution >= 4 is 22.7 Å². The molecule has 5 heteroatoms. The highest BCUT2D eigenvalue weighted by atomic mass is 16.5. The zero-order chi connectivity index (χ0) is 14.4. The van der Waals surface area contributed by atoms with Crippen LogP contribution in [0.4, 0.5) is 22.7 Å². The lowest BCUT2D eigenvalue weighted by Gasteiger charge is -2.06. The van der Waals surface area contributed by atoms with Gasteiger partial charge in [-0.1, -0.05) is 6.07 Å². The summed E-state index contributed by atoms with van der Waals surface area (Å²) in [6.07, 6.45) is 0. The Labute approximate surface area is 118 Å². The second-order valence-corrected chi connectivity index (χ2v) is 4.32. The fourth-order valence-electron chi connectivity index (χ4n) is 1.73. The number of hydrogen-bond donors (Lipinski definition) is 2. The predicted molar refractivity (Wildman–Crippen MR) is 81.2 cm³/mol. The Balaban J connectivity index is 2.23. The summed E-state index contributed by atoms with van der Waals surface area (Å²) < 4.78 is 5.41. The molecule has 0 amide bonds. The maximum Gasteiger partial charge on any atom is 0.0913 e. The van der Waals surface area contributed by atoms with Crippen LogP contribution in [0.3, 0.4) is 0 Å². The van der Waals surface area contributed by atoms with Crippen LogP contribution in [0.15, 0.2) is 52.7 Å². The normalized spacial score (nSPS) is 11.1. The van der Waals surface area contributed by atoms with Gasteiger partial charge in [0.1, 0.15) is 0 Å². The third-order valence-corrected chi connectivity index (χ3v) is 2.71. The first-order chi connectivity index (χ1) is 9.69. The number of rotatable bonds is 5. The Morgan fingerprint density at radius 3 is 2.55 bits per heavy atom. The molecule has 0 spiro atoms. The predicted octanol–water partition coefficient (Wildman–Crippen LogP) is 3.80. The van der Waals surface area contributed by atoms with Crippen molar-refractivity contribution < 1.29 is 4.74 Å². The number of benzene rings is 2. The molecule has 0 heterocycles. The summed E-state index contributed by atoms with van der Waals surface area (Å²) in [5, 5.41) is 8.43. The zero-order valence-electron chi connectivity index (χ0n) is 11.4. The van der Waals surface area contributed by atoms with Crippen molar-refractivity contribution in [1.29, 1.82) is 0 Å². The van der Waals surface area contributed by atoms with Crippen LogP contribution in [-0.2, 0) is 11.3 Å². The average Bonchev–Trinajstić information content (AvgIpc) is 2.44. The van der Waals surface area contributed by atoms with Gasteiger partial charge in [0.15, 0.2) is 0 Å². The summed E-state index contributed by atoms with van der Waals surface area (Å²) in [5.41, 5.74) is 15.2. The van der Waals surface area contributed by atoms with Gasteiger partial charge in [-0.15, -0.1) is 0 Å². The fraction of sp³-hybridized carbons (Fsp3) is 0.200. The summed E-state index contributed by atoms with van der Waals surface area (Å²) >= 11 is 0. The van der Waals surface area contributed by atoms with Gasteiger partial charge in [-0.3, -0.25) is 0 Å². The van der Waals surface area contributed by atoms with E-state index in [9.17, 15) is 0 Å². The van der Waals surface area contributed by atoms with Crippen LogP contribution >= 0.6 is 0 Å². The van der Waals surface area contributed by atoms with Gasteiger partial charge in [0.05, 0.1) is 18.0 Å². The monoisotopic (exact) mass is 270 g/mol. The minimum atomic E-state index is 0.465. The summed E-state index contributed by atoms with van der Waals surface area (Å²) in [4.78, 5) is 0. The molecule has 20 heavy (non-hydrogen) atoms. The van der Waals surface area contributed by atoms with Crippen molar-refractivity contribution in [3.63, 3.8) is 0 Å². The Kier molecular flexibility index (Phi) is 4.68. The van der Waals surface area contributed by atoms with Crippen molar-refractivity contribution in [2.45, 2.75) is 13.5 Å². The second-order valence-electron chi connectivity index (χ2n) is 4.32. The van der Waals surface area contributed by atoms with E-state index < -0.39 is 0 Å². The van der Waals surface area contributed by atoms with Gasteiger partial charge < -0.3 is 16.2 Å². The molecule has 0 saturated heterocycles. The van der Waals surface area contributed by atoms with E-state index >= 15 is 0 Å². The largest absolute Gasteiger partial charge is 0.399 e. The van der Waals surface area contributed by atoms with Gasteiger partial charge in [-0.25, -0.2) is 0 Å². The topological polar surface area (TPSA) is 86.0 Å². The molecule has 4 N–H and O–H groups in total. The standard InChI is InChI=1S/C15H18N4O/c1-2-20-10-11-8-13(17)6-7-15(11)19-18-14-5-3-4-12(16)9-14/h3-9H,2,10,16-17H2,1H3. The van der Waals surface area contributed by atoms with Crippen molar-refractivity contribution in [1.82, 2.24) is 0 Å². The smallest absolute Gasteiger partial charge is 0.0913 e. The first kappa shape index (κ1) is 14.0. The molecule has 0 radical (unpaired) electrons. The summed E-state index contributed by atoms with van der Waals surface area (Å²) in [7, 11) is 0. The highest BCUT2D eigenvalue weighted by molar-refractivity contribution is 5.55. The molecule has 0 saturated carbocycles. The molecule has 0 aliphatic carbocycles. The molecule has 0 aliphatic rings. The number of nitrogens with two attached hydrogens (primary N) is 2. The number of anilines is 2. The maximum absolute atomic E-state index is 5.78.